The summed E-state index contributed by atoms with van der Waals surface area (Å²) < 4.78 is 5.25. The van der Waals surface area contributed by atoms with Crippen LogP contribution in [0.1, 0.15) is 34.1 Å². The molecule has 106 valence electrons. The predicted molar refractivity (Wildman–Crippen MR) is 68.5 cm³/mol. The van der Waals surface area contributed by atoms with Gasteiger partial charge in [-0.05, 0) is 19.8 Å². The summed E-state index contributed by atoms with van der Waals surface area (Å²) in [6.07, 6.45) is 0.597. The van der Waals surface area contributed by atoms with Crippen LogP contribution in [0.15, 0.2) is 0 Å². The highest BCUT2D eigenvalue weighted by Crippen LogP contribution is 2.07. The molecule has 0 aromatic heterocycles. The first-order chi connectivity index (χ1) is 8.42. The number of carboxylic acids is 1. The summed E-state index contributed by atoms with van der Waals surface area (Å²) in [6.45, 7) is 8.33. The molecular formula is C12H24N2O4. The summed E-state index contributed by atoms with van der Waals surface area (Å²) in [7, 11) is 0. The normalized spacial score (nSPS) is 15.6. The van der Waals surface area contributed by atoms with E-state index < -0.39 is 18.0 Å². The fourth-order valence-corrected chi connectivity index (χ4v) is 1.46. The highest BCUT2D eigenvalue weighted by atomic mass is 16.5. The minimum Gasteiger partial charge on any atom is -0.480 e. The Balaban J connectivity index is 4.14. The van der Waals surface area contributed by atoms with Gasteiger partial charge in [-0.2, -0.15) is 0 Å². The van der Waals surface area contributed by atoms with E-state index in [-0.39, 0.29) is 12.0 Å². The Labute approximate surface area is 108 Å². The Morgan fingerprint density at radius 1 is 1.28 bits per heavy atom. The molecule has 6 heteroatoms. The number of nitrogens with one attached hydrogen (secondary N) is 2. The second kappa shape index (κ2) is 8.74. The average molecular weight is 260 g/mol. The van der Waals surface area contributed by atoms with Crippen LogP contribution in [0.5, 0.6) is 0 Å². The average Bonchev–Trinajstić information content (AvgIpc) is 2.32. The van der Waals surface area contributed by atoms with Gasteiger partial charge in [0.15, 0.2) is 0 Å². The predicted octanol–water partition coefficient (Wildman–Crippen LogP) is 1.21. The van der Waals surface area contributed by atoms with Crippen molar-refractivity contribution in [2.75, 3.05) is 13.2 Å². The fourth-order valence-electron chi connectivity index (χ4n) is 1.46. The summed E-state index contributed by atoms with van der Waals surface area (Å²) in [6, 6.07) is -1.34. The molecule has 0 aliphatic heterocycles. The lowest BCUT2D eigenvalue weighted by atomic mass is 9.99. The van der Waals surface area contributed by atoms with E-state index in [9.17, 15) is 9.59 Å². The van der Waals surface area contributed by atoms with Gasteiger partial charge in [-0.1, -0.05) is 20.3 Å². The molecule has 3 N–H and O–H groups in total. The van der Waals surface area contributed by atoms with Gasteiger partial charge >= 0.3 is 12.0 Å². The van der Waals surface area contributed by atoms with Crippen LogP contribution in [0, 0.1) is 5.92 Å². The van der Waals surface area contributed by atoms with Crippen LogP contribution in [0.25, 0.3) is 0 Å². The quantitative estimate of drug-likeness (QED) is 0.612. The first-order valence-electron chi connectivity index (χ1n) is 6.31. The van der Waals surface area contributed by atoms with Gasteiger partial charge in [0, 0.05) is 13.2 Å². The van der Waals surface area contributed by atoms with Crippen molar-refractivity contribution in [1.82, 2.24) is 10.6 Å². The monoisotopic (exact) mass is 260 g/mol. The van der Waals surface area contributed by atoms with Crippen molar-refractivity contribution in [3.8, 4) is 0 Å². The van der Waals surface area contributed by atoms with Crippen molar-refractivity contribution in [2.24, 2.45) is 5.92 Å². The number of carbonyl (C=O) groups excluding carboxylic acids is 1. The molecule has 3 unspecified atom stereocenters. The molecule has 0 aliphatic rings. The van der Waals surface area contributed by atoms with E-state index in [0.29, 0.717) is 19.6 Å². The zero-order valence-corrected chi connectivity index (χ0v) is 11.5. The maximum absolute atomic E-state index is 11.5. The Morgan fingerprint density at radius 2 is 1.89 bits per heavy atom. The number of carboxylic acid groups (broad SMARTS) is 1. The van der Waals surface area contributed by atoms with Gasteiger partial charge in [-0.15, -0.1) is 0 Å². The third kappa shape index (κ3) is 6.44. The molecule has 0 aromatic rings. The molecule has 0 saturated carbocycles. The van der Waals surface area contributed by atoms with Crippen LogP contribution in [-0.2, 0) is 9.53 Å². The summed E-state index contributed by atoms with van der Waals surface area (Å²) >= 11 is 0. The van der Waals surface area contributed by atoms with E-state index in [1.165, 1.54) is 0 Å². The van der Waals surface area contributed by atoms with Crippen molar-refractivity contribution >= 4 is 12.0 Å². The van der Waals surface area contributed by atoms with Gasteiger partial charge in [-0.25, -0.2) is 9.59 Å². The number of aliphatic carboxylic acids is 1. The van der Waals surface area contributed by atoms with E-state index in [2.05, 4.69) is 10.6 Å². The van der Waals surface area contributed by atoms with E-state index >= 15 is 0 Å². The second-order valence-corrected chi connectivity index (χ2v) is 4.32. The second-order valence-electron chi connectivity index (χ2n) is 4.32. The molecule has 6 nitrogen and oxygen atoms in total. The Hall–Kier alpha value is -1.30. The number of ether oxygens (including phenoxy) is 1. The van der Waals surface area contributed by atoms with Crippen LogP contribution in [0.4, 0.5) is 4.79 Å². The third-order valence-electron chi connectivity index (χ3n) is 2.77. The van der Waals surface area contributed by atoms with Crippen molar-refractivity contribution in [3.05, 3.63) is 0 Å². The van der Waals surface area contributed by atoms with E-state index in [4.69, 9.17) is 9.84 Å². The molecule has 0 aromatic carbocycles. The van der Waals surface area contributed by atoms with Gasteiger partial charge in [-0.3, -0.25) is 0 Å². The molecule has 0 saturated heterocycles. The minimum atomic E-state index is -1.02. The molecule has 0 rings (SSSR count). The van der Waals surface area contributed by atoms with E-state index in [1.807, 2.05) is 20.8 Å². The molecule has 2 amide bonds. The molecule has 18 heavy (non-hydrogen) atoms. The summed E-state index contributed by atoms with van der Waals surface area (Å²) in [5, 5.41) is 14.1. The molecule has 0 bridgehead atoms. The summed E-state index contributed by atoms with van der Waals surface area (Å²) in [5.74, 6) is -1.13. The number of hydrogen-bond acceptors (Lipinski definition) is 3. The SMILES string of the molecule is CCOC(C)CNC(=O)NC(C(=O)O)C(C)CC. The van der Waals surface area contributed by atoms with Gasteiger partial charge in [0.05, 0.1) is 6.10 Å². The lowest BCUT2D eigenvalue weighted by molar-refractivity contribution is -0.140. The van der Waals surface area contributed by atoms with Gasteiger partial charge < -0.3 is 20.5 Å². The highest BCUT2D eigenvalue weighted by Gasteiger charge is 2.25. The van der Waals surface area contributed by atoms with Crippen LogP contribution in [0.2, 0.25) is 0 Å². The molecule has 3 atom stereocenters. The Bertz CT molecular complexity index is 271. The zero-order chi connectivity index (χ0) is 14.1. The van der Waals surface area contributed by atoms with Gasteiger partial charge in [0.25, 0.3) is 0 Å². The standard InChI is InChI=1S/C12H24N2O4/c1-5-8(3)10(11(15)16)14-12(17)13-7-9(4)18-6-2/h8-10H,5-7H2,1-4H3,(H,15,16)(H2,13,14,17). The third-order valence-corrected chi connectivity index (χ3v) is 2.77. The number of carbonyl (C=O) groups is 2. The molecule has 0 spiro atoms. The molecule has 0 aliphatic carbocycles. The van der Waals surface area contributed by atoms with Crippen LogP contribution in [0.3, 0.4) is 0 Å². The zero-order valence-electron chi connectivity index (χ0n) is 11.5. The van der Waals surface area contributed by atoms with Crippen molar-refractivity contribution in [1.29, 1.82) is 0 Å². The molecule has 0 fully saturated rings. The lowest BCUT2D eigenvalue weighted by Crippen LogP contribution is -2.50. The minimum absolute atomic E-state index is 0.0902. The Kier molecular flexibility index (Phi) is 8.11. The van der Waals surface area contributed by atoms with E-state index in [0.717, 1.165) is 0 Å². The van der Waals surface area contributed by atoms with Crippen molar-refractivity contribution in [3.63, 3.8) is 0 Å². The summed E-state index contributed by atoms with van der Waals surface area (Å²) in [5.41, 5.74) is 0. The largest absolute Gasteiger partial charge is 0.480 e. The fraction of sp³-hybridized carbons (Fsp3) is 0.833. The van der Waals surface area contributed by atoms with Gasteiger partial charge in [0.1, 0.15) is 6.04 Å². The van der Waals surface area contributed by atoms with Crippen molar-refractivity contribution in [2.45, 2.75) is 46.3 Å². The number of amides is 2. The molecule has 0 heterocycles. The van der Waals surface area contributed by atoms with E-state index in [1.54, 1.807) is 6.92 Å². The number of urea groups is 1. The lowest BCUT2D eigenvalue weighted by Gasteiger charge is -2.21. The van der Waals surface area contributed by atoms with Crippen LogP contribution < -0.4 is 10.6 Å². The summed E-state index contributed by atoms with van der Waals surface area (Å²) in [4.78, 5) is 22.6. The Morgan fingerprint density at radius 3 is 2.33 bits per heavy atom. The van der Waals surface area contributed by atoms with Gasteiger partial charge in [0.2, 0.25) is 0 Å². The highest BCUT2D eigenvalue weighted by molar-refractivity contribution is 5.82. The smallest absolute Gasteiger partial charge is 0.326 e. The maximum atomic E-state index is 11.5. The van der Waals surface area contributed by atoms with Crippen LogP contribution >= 0.6 is 0 Å². The first-order valence-corrected chi connectivity index (χ1v) is 6.31. The number of hydrogen-bond donors (Lipinski definition) is 3. The first kappa shape index (κ1) is 16.7. The number of rotatable bonds is 8. The molecular weight excluding hydrogens is 236 g/mol. The maximum Gasteiger partial charge on any atom is 0.326 e. The van der Waals surface area contributed by atoms with Crippen LogP contribution in [-0.4, -0.2) is 42.4 Å². The van der Waals surface area contributed by atoms with Crippen molar-refractivity contribution < 1.29 is 19.4 Å². The molecule has 0 radical (unpaired) electrons. The topological polar surface area (TPSA) is 87.7 Å².